The molecule has 0 aliphatic carbocycles. The first-order chi connectivity index (χ1) is 10.1. The van der Waals surface area contributed by atoms with Crippen LogP contribution in [0.1, 0.15) is 61.9 Å². The van der Waals surface area contributed by atoms with Crippen LogP contribution in [0.25, 0.3) is 0 Å². The molecular weight excluding hydrogens is 296 g/mol. The van der Waals surface area contributed by atoms with E-state index in [1.165, 1.54) is 5.56 Å². The second kappa shape index (κ2) is 9.16. The van der Waals surface area contributed by atoms with Crippen LogP contribution in [0, 0.1) is 0 Å². The van der Waals surface area contributed by atoms with Crippen molar-refractivity contribution < 1.29 is 4.79 Å². The molecule has 1 aromatic carbocycles. The summed E-state index contributed by atoms with van der Waals surface area (Å²) in [7, 11) is 0. The van der Waals surface area contributed by atoms with E-state index in [0.29, 0.717) is 12.0 Å². The van der Waals surface area contributed by atoms with Gasteiger partial charge in [-0.1, -0.05) is 32.9 Å². The molecule has 22 heavy (non-hydrogen) atoms. The van der Waals surface area contributed by atoms with E-state index in [-0.39, 0.29) is 18.3 Å². The van der Waals surface area contributed by atoms with Gasteiger partial charge in [-0.15, -0.1) is 12.4 Å². The first kappa shape index (κ1) is 19.0. The lowest BCUT2D eigenvalue weighted by atomic mass is 10.00. The van der Waals surface area contributed by atoms with E-state index in [0.717, 1.165) is 44.5 Å². The Labute approximate surface area is 140 Å². The highest BCUT2D eigenvalue weighted by molar-refractivity contribution is 5.94. The third-order valence-electron chi connectivity index (χ3n) is 4.30. The molecule has 1 aliphatic rings. The van der Waals surface area contributed by atoms with Crippen molar-refractivity contribution in [2.75, 3.05) is 19.6 Å². The van der Waals surface area contributed by atoms with Crippen molar-refractivity contribution >= 4 is 18.3 Å². The normalized spacial score (nSPS) is 15.5. The Morgan fingerprint density at radius 2 is 1.82 bits per heavy atom. The van der Waals surface area contributed by atoms with Crippen LogP contribution >= 0.6 is 12.4 Å². The van der Waals surface area contributed by atoms with Gasteiger partial charge in [0.2, 0.25) is 0 Å². The first-order valence-electron chi connectivity index (χ1n) is 8.25. The Morgan fingerprint density at radius 3 is 2.32 bits per heavy atom. The number of nitrogens with one attached hydrogen (secondary N) is 1. The minimum Gasteiger partial charge on any atom is -0.336 e. The predicted octanol–water partition coefficient (Wildman–Crippen LogP) is 3.84. The minimum absolute atomic E-state index is 0. The van der Waals surface area contributed by atoms with Crippen molar-refractivity contribution in [1.29, 1.82) is 0 Å². The van der Waals surface area contributed by atoms with Crippen LogP contribution in [0.2, 0.25) is 0 Å². The van der Waals surface area contributed by atoms with Gasteiger partial charge in [0.15, 0.2) is 0 Å². The van der Waals surface area contributed by atoms with Gasteiger partial charge in [-0.2, -0.15) is 0 Å². The molecule has 0 atom stereocenters. The number of nitrogens with zero attached hydrogens (tertiary/aromatic N) is 1. The maximum atomic E-state index is 12.8. The summed E-state index contributed by atoms with van der Waals surface area (Å²) in [5, 5.41) is 3.37. The van der Waals surface area contributed by atoms with Crippen LogP contribution in [-0.4, -0.2) is 36.5 Å². The van der Waals surface area contributed by atoms with Gasteiger partial charge < -0.3 is 10.2 Å². The molecular formula is C18H29ClN2O. The SMILES string of the molecule is CCCN(C(=O)c1ccc(C(C)C)cc1)C1CCNCC1.Cl. The quantitative estimate of drug-likeness (QED) is 0.892. The summed E-state index contributed by atoms with van der Waals surface area (Å²) in [5.74, 6) is 0.698. The van der Waals surface area contributed by atoms with Crippen molar-refractivity contribution in [3.05, 3.63) is 35.4 Å². The standard InChI is InChI=1S/C18H28N2O.ClH/c1-4-13-20(17-9-11-19-12-10-17)18(21)16-7-5-15(6-8-16)14(2)3;/h5-8,14,17,19H,4,9-13H2,1-3H3;1H. The van der Waals surface area contributed by atoms with Crippen LogP contribution in [0.15, 0.2) is 24.3 Å². The molecule has 4 heteroatoms. The number of rotatable bonds is 5. The number of amides is 1. The van der Waals surface area contributed by atoms with Crippen molar-refractivity contribution in [3.8, 4) is 0 Å². The number of piperidine rings is 1. The number of halogens is 1. The molecule has 2 rings (SSSR count). The third-order valence-corrected chi connectivity index (χ3v) is 4.30. The molecule has 1 fully saturated rings. The zero-order valence-corrected chi connectivity index (χ0v) is 14.8. The summed E-state index contributed by atoms with van der Waals surface area (Å²) in [6.45, 7) is 9.39. The van der Waals surface area contributed by atoms with E-state index in [1.54, 1.807) is 0 Å². The van der Waals surface area contributed by atoms with Gasteiger partial charge >= 0.3 is 0 Å². The van der Waals surface area contributed by atoms with E-state index < -0.39 is 0 Å². The fraction of sp³-hybridized carbons (Fsp3) is 0.611. The van der Waals surface area contributed by atoms with E-state index in [2.05, 4.69) is 43.1 Å². The number of hydrogen-bond acceptors (Lipinski definition) is 2. The minimum atomic E-state index is 0. The van der Waals surface area contributed by atoms with Crippen LogP contribution in [0.4, 0.5) is 0 Å². The molecule has 1 aliphatic heterocycles. The molecule has 0 radical (unpaired) electrons. The van der Waals surface area contributed by atoms with Crippen LogP contribution in [-0.2, 0) is 0 Å². The molecule has 0 unspecified atom stereocenters. The zero-order chi connectivity index (χ0) is 15.2. The molecule has 0 saturated carbocycles. The molecule has 0 bridgehead atoms. The van der Waals surface area contributed by atoms with Gasteiger partial charge in [-0.05, 0) is 56.0 Å². The van der Waals surface area contributed by atoms with E-state index in [4.69, 9.17) is 0 Å². The summed E-state index contributed by atoms with van der Waals surface area (Å²) in [6.07, 6.45) is 3.14. The highest BCUT2D eigenvalue weighted by Gasteiger charge is 2.25. The van der Waals surface area contributed by atoms with Gasteiger partial charge in [0, 0.05) is 18.2 Å². The van der Waals surface area contributed by atoms with Crippen molar-refractivity contribution in [2.45, 2.75) is 52.0 Å². The summed E-state index contributed by atoms with van der Waals surface area (Å²) in [5.41, 5.74) is 2.11. The Morgan fingerprint density at radius 1 is 1.23 bits per heavy atom. The molecule has 0 aromatic heterocycles. The third kappa shape index (κ3) is 4.72. The van der Waals surface area contributed by atoms with Crippen LogP contribution in [0.5, 0.6) is 0 Å². The van der Waals surface area contributed by atoms with Gasteiger partial charge in [-0.3, -0.25) is 4.79 Å². The van der Waals surface area contributed by atoms with E-state index >= 15 is 0 Å². The fourth-order valence-corrected chi connectivity index (χ4v) is 2.99. The lowest BCUT2D eigenvalue weighted by molar-refractivity contribution is 0.0642. The number of carbonyl (C=O) groups excluding carboxylic acids is 1. The predicted molar refractivity (Wildman–Crippen MR) is 95.0 cm³/mol. The fourth-order valence-electron chi connectivity index (χ4n) is 2.99. The van der Waals surface area contributed by atoms with Crippen molar-refractivity contribution in [2.24, 2.45) is 0 Å². The zero-order valence-electron chi connectivity index (χ0n) is 14.0. The Kier molecular flexibility index (Phi) is 7.91. The molecule has 3 nitrogen and oxygen atoms in total. The smallest absolute Gasteiger partial charge is 0.254 e. The summed E-state index contributed by atoms with van der Waals surface area (Å²) >= 11 is 0. The van der Waals surface area contributed by atoms with Crippen LogP contribution < -0.4 is 5.32 Å². The van der Waals surface area contributed by atoms with Gasteiger partial charge in [0.05, 0.1) is 0 Å². The lowest BCUT2D eigenvalue weighted by Crippen LogP contribution is -2.46. The average molecular weight is 325 g/mol. The van der Waals surface area contributed by atoms with Gasteiger partial charge in [0.25, 0.3) is 5.91 Å². The topological polar surface area (TPSA) is 32.3 Å². The van der Waals surface area contributed by atoms with Crippen LogP contribution in [0.3, 0.4) is 0 Å². The highest BCUT2D eigenvalue weighted by atomic mass is 35.5. The Hall–Kier alpha value is -1.06. The number of benzene rings is 1. The second-order valence-corrected chi connectivity index (χ2v) is 6.26. The monoisotopic (exact) mass is 324 g/mol. The first-order valence-corrected chi connectivity index (χ1v) is 8.25. The largest absolute Gasteiger partial charge is 0.336 e. The molecule has 0 spiro atoms. The molecule has 1 N–H and O–H groups in total. The molecule has 124 valence electrons. The van der Waals surface area contributed by atoms with E-state index in [1.807, 2.05) is 12.1 Å². The molecule has 1 heterocycles. The number of hydrogen-bond donors (Lipinski definition) is 1. The summed E-state index contributed by atoms with van der Waals surface area (Å²) < 4.78 is 0. The molecule has 1 amide bonds. The molecule has 1 saturated heterocycles. The summed E-state index contributed by atoms with van der Waals surface area (Å²) in [6, 6.07) is 8.54. The Bertz CT molecular complexity index is 453. The van der Waals surface area contributed by atoms with E-state index in [9.17, 15) is 4.79 Å². The van der Waals surface area contributed by atoms with Gasteiger partial charge in [-0.25, -0.2) is 0 Å². The Balaban J connectivity index is 0.00000242. The molecule has 1 aromatic rings. The highest BCUT2D eigenvalue weighted by Crippen LogP contribution is 2.19. The second-order valence-electron chi connectivity index (χ2n) is 6.26. The number of carbonyl (C=O) groups is 1. The van der Waals surface area contributed by atoms with Crippen molar-refractivity contribution in [3.63, 3.8) is 0 Å². The average Bonchev–Trinajstić information content (AvgIpc) is 2.53. The summed E-state index contributed by atoms with van der Waals surface area (Å²) in [4.78, 5) is 14.9. The maximum absolute atomic E-state index is 12.8. The van der Waals surface area contributed by atoms with Crippen molar-refractivity contribution in [1.82, 2.24) is 10.2 Å². The maximum Gasteiger partial charge on any atom is 0.254 e. The lowest BCUT2D eigenvalue weighted by Gasteiger charge is -2.34. The van der Waals surface area contributed by atoms with Gasteiger partial charge in [0.1, 0.15) is 0 Å².